The van der Waals surface area contributed by atoms with E-state index in [4.69, 9.17) is 5.84 Å². The highest BCUT2D eigenvalue weighted by Crippen LogP contribution is 2.33. The van der Waals surface area contributed by atoms with Crippen molar-refractivity contribution >= 4 is 0 Å². The van der Waals surface area contributed by atoms with E-state index in [2.05, 4.69) is 33.1 Å². The van der Waals surface area contributed by atoms with Crippen LogP contribution in [-0.2, 0) is 0 Å². The molecule has 1 aromatic rings. The number of hydrazine groups is 1. The molecule has 0 bridgehead atoms. The van der Waals surface area contributed by atoms with E-state index in [1.54, 1.807) is 0 Å². The lowest BCUT2D eigenvalue weighted by Crippen LogP contribution is -2.32. The van der Waals surface area contributed by atoms with Crippen LogP contribution in [-0.4, -0.2) is 0 Å². The first-order valence-electron chi connectivity index (χ1n) is 6.16. The lowest BCUT2D eigenvalue weighted by Gasteiger charge is -2.30. The van der Waals surface area contributed by atoms with Gasteiger partial charge in [-0.15, -0.1) is 0 Å². The van der Waals surface area contributed by atoms with Crippen molar-refractivity contribution in [3.05, 3.63) is 35.4 Å². The van der Waals surface area contributed by atoms with Crippen molar-refractivity contribution in [2.45, 2.75) is 40.2 Å². The third-order valence-corrected chi connectivity index (χ3v) is 3.61. The van der Waals surface area contributed by atoms with Gasteiger partial charge in [0, 0.05) is 17.7 Å². The number of hydrogen-bond donors (Lipinski definition) is 2. The Kier molecular flexibility index (Phi) is 4.82. The number of hydrogen-bond acceptors (Lipinski definition) is 2. The maximum Gasteiger partial charge on any atom is 0.130 e. The summed E-state index contributed by atoms with van der Waals surface area (Å²) in [6.07, 6.45) is 0.697. The van der Waals surface area contributed by atoms with Gasteiger partial charge in [-0.1, -0.05) is 33.8 Å². The lowest BCUT2D eigenvalue weighted by atomic mass is 9.77. The average molecular weight is 256 g/mol. The molecule has 0 saturated heterocycles. The summed E-state index contributed by atoms with van der Waals surface area (Å²) in [7, 11) is 0. The second kappa shape index (κ2) is 5.76. The van der Waals surface area contributed by atoms with Crippen molar-refractivity contribution in [3.8, 4) is 0 Å². The fraction of sp³-hybridized carbons (Fsp3) is 0.571. The Hall–Kier alpha value is -1.00. The summed E-state index contributed by atoms with van der Waals surface area (Å²) in [4.78, 5) is 0. The smallest absolute Gasteiger partial charge is 0.130 e. The van der Waals surface area contributed by atoms with Gasteiger partial charge in [0.15, 0.2) is 0 Å². The van der Waals surface area contributed by atoms with Crippen molar-refractivity contribution in [3.63, 3.8) is 0 Å². The zero-order valence-corrected chi connectivity index (χ0v) is 11.4. The zero-order valence-electron chi connectivity index (χ0n) is 11.4. The number of halogens is 2. The van der Waals surface area contributed by atoms with Crippen molar-refractivity contribution in [2.24, 2.45) is 17.2 Å². The highest BCUT2D eigenvalue weighted by Gasteiger charge is 2.25. The van der Waals surface area contributed by atoms with Crippen LogP contribution >= 0.6 is 0 Å². The molecule has 0 aromatic heterocycles. The largest absolute Gasteiger partial charge is 0.271 e. The molecule has 0 aliphatic heterocycles. The van der Waals surface area contributed by atoms with Crippen molar-refractivity contribution in [1.82, 2.24) is 5.43 Å². The molecule has 1 rings (SSSR count). The van der Waals surface area contributed by atoms with E-state index < -0.39 is 11.6 Å². The first-order chi connectivity index (χ1) is 8.25. The van der Waals surface area contributed by atoms with Crippen molar-refractivity contribution in [2.75, 3.05) is 0 Å². The zero-order chi connectivity index (χ0) is 13.9. The minimum Gasteiger partial charge on any atom is -0.271 e. The third kappa shape index (κ3) is 3.75. The summed E-state index contributed by atoms with van der Waals surface area (Å²) in [5, 5.41) is 0. The Labute approximate surface area is 108 Å². The van der Waals surface area contributed by atoms with Crippen LogP contribution in [0.25, 0.3) is 0 Å². The molecular formula is C14H22F2N2. The van der Waals surface area contributed by atoms with Gasteiger partial charge in [-0.25, -0.2) is 8.78 Å². The quantitative estimate of drug-likeness (QED) is 0.638. The Morgan fingerprint density at radius 1 is 1.28 bits per heavy atom. The molecule has 0 fully saturated rings. The van der Waals surface area contributed by atoms with Gasteiger partial charge in [0.05, 0.1) is 0 Å². The molecule has 1 aromatic carbocycles. The van der Waals surface area contributed by atoms with Gasteiger partial charge in [0.25, 0.3) is 0 Å². The predicted octanol–water partition coefficient (Wildman–Crippen LogP) is 3.54. The maximum atomic E-state index is 13.7. The minimum atomic E-state index is -0.573. The Morgan fingerprint density at radius 2 is 1.89 bits per heavy atom. The summed E-state index contributed by atoms with van der Waals surface area (Å²) >= 11 is 0. The summed E-state index contributed by atoms with van der Waals surface area (Å²) in [5.74, 6) is 4.71. The van der Waals surface area contributed by atoms with Gasteiger partial charge in [-0.2, -0.15) is 0 Å². The van der Waals surface area contributed by atoms with Gasteiger partial charge in [-0.3, -0.25) is 11.3 Å². The molecule has 0 radical (unpaired) electrons. The molecule has 0 heterocycles. The van der Waals surface area contributed by atoms with E-state index >= 15 is 0 Å². The molecule has 3 N–H and O–H groups in total. The second-order valence-corrected chi connectivity index (χ2v) is 5.89. The van der Waals surface area contributed by atoms with Crippen LogP contribution in [0.2, 0.25) is 0 Å². The molecule has 0 saturated carbocycles. The van der Waals surface area contributed by atoms with Gasteiger partial charge in [0.2, 0.25) is 0 Å². The van der Waals surface area contributed by atoms with Gasteiger partial charge in [0.1, 0.15) is 11.6 Å². The van der Waals surface area contributed by atoms with Crippen LogP contribution in [0.4, 0.5) is 8.78 Å². The highest BCUT2D eigenvalue weighted by molar-refractivity contribution is 5.22. The van der Waals surface area contributed by atoms with Crippen molar-refractivity contribution in [1.29, 1.82) is 0 Å². The monoisotopic (exact) mass is 256 g/mol. The number of nitrogens with two attached hydrogens (primary N) is 1. The molecule has 0 amide bonds. The fourth-order valence-corrected chi connectivity index (χ4v) is 1.78. The first kappa shape index (κ1) is 15.1. The van der Waals surface area contributed by atoms with Crippen LogP contribution in [0.1, 0.15) is 45.7 Å². The molecule has 0 aliphatic rings. The number of benzene rings is 1. The molecular weight excluding hydrogens is 234 g/mol. The molecule has 102 valence electrons. The van der Waals surface area contributed by atoms with Crippen LogP contribution < -0.4 is 11.3 Å². The molecule has 2 atom stereocenters. The van der Waals surface area contributed by atoms with E-state index in [0.29, 0.717) is 17.9 Å². The molecule has 0 aliphatic carbocycles. The lowest BCUT2D eigenvalue weighted by molar-refractivity contribution is 0.222. The Bertz CT molecular complexity index is 399. The third-order valence-electron chi connectivity index (χ3n) is 3.61. The minimum absolute atomic E-state index is 0.117. The van der Waals surface area contributed by atoms with Crippen molar-refractivity contribution < 1.29 is 8.78 Å². The van der Waals surface area contributed by atoms with Gasteiger partial charge >= 0.3 is 0 Å². The molecule has 2 nitrogen and oxygen atoms in total. The SMILES string of the molecule is CC(CC(NN)c1ccc(F)cc1F)C(C)(C)C. The maximum absolute atomic E-state index is 13.7. The summed E-state index contributed by atoms with van der Waals surface area (Å²) in [6, 6.07) is 3.29. The number of nitrogens with one attached hydrogen (secondary N) is 1. The van der Waals surface area contributed by atoms with Crippen LogP contribution in [0.3, 0.4) is 0 Å². The van der Waals surface area contributed by atoms with Gasteiger partial charge < -0.3 is 0 Å². The predicted molar refractivity (Wildman–Crippen MR) is 69.7 cm³/mol. The highest BCUT2D eigenvalue weighted by atomic mass is 19.1. The standard InChI is InChI=1S/C14H22F2N2/c1-9(14(2,3)4)7-13(18-17)11-6-5-10(15)8-12(11)16/h5-6,8-9,13,18H,7,17H2,1-4H3. The van der Waals surface area contributed by atoms with E-state index in [9.17, 15) is 8.78 Å². The van der Waals surface area contributed by atoms with E-state index in [-0.39, 0.29) is 11.5 Å². The Morgan fingerprint density at radius 3 is 2.33 bits per heavy atom. The van der Waals surface area contributed by atoms with E-state index in [1.165, 1.54) is 12.1 Å². The van der Waals surface area contributed by atoms with Gasteiger partial charge in [-0.05, 0) is 23.8 Å². The topological polar surface area (TPSA) is 38.0 Å². The van der Waals surface area contributed by atoms with E-state index in [1.807, 2.05) is 0 Å². The van der Waals surface area contributed by atoms with Crippen LogP contribution in [0.5, 0.6) is 0 Å². The molecule has 0 spiro atoms. The first-order valence-corrected chi connectivity index (χ1v) is 6.16. The number of rotatable bonds is 4. The Balaban J connectivity index is 2.90. The fourth-order valence-electron chi connectivity index (χ4n) is 1.78. The molecule has 4 heteroatoms. The summed E-state index contributed by atoms with van der Waals surface area (Å²) < 4.78 is 26.6. The second-order valence-electron chi connectivity index (χ2n) is 5.89. The normalized spacial score (nSPS) is 15.5. The summed E-state index contributed by atoms with van der Waals surface area (Å²) in [5.41, 5.74) is 3.15. The van der Waals surface area contributed by atoms with E-state index in [0.717, 1.165) is 6.07 Å². The average Bonchev–Trinajstić information content (AvgIpc) is 2.25. The van der Waals surface area contributed by atoms with Crippen LogP contribution in [0.15, 0.2) is 18.2 Å². The molecule has 2 unspecified atom stereocenters. The molecule has 18 heavy (non-hydrogen) atoms. The van der Waals surface area contributed by atoms with Crippen LogP contribution in [0, 0.1) is 23.0 Å². The summed E-state index contributed by atoms with van der Waals surface area (Å²) in [6.45, 7) is 8.50.